The molecule has 124 valence electrons. The van der Waals surface area contributed by atoms with Gasteiger partial charge in [0.2, 0.25) is 11.8 Å². The van der Waals surface area contributed by atoms with Crippen LogP contribution in [0.15, 0.2) is 34.9 Å². The molecule has 1 saturated heterocycles. The van der Waals surface area contributed by atoms with Gasteiger partial charge in [0.15, 0.2) is 0 Å². The Hall–Kier alpha value is -1.56. The second-order valence-electron chi connectivity index (χ2n) is 5.42. The number of oxazole rings is 1. The molecule has 1 amide bonds. The molecule has 5 nitrogen and oxygen atoms in total. The van der Waals surface area contributed by atoms with Crippen LogP contribution in [0.2, 0.25) is 5.02 Å². The molecular weight excluding hydrogens is 337 g/mol. The molecule has 0 bridgehead atoms. The molecule has 0 unspecified atom stereocenters. The lowest BCUT2D eigenvalue weighted by atomic mass is 10.1. The van der Waals surface area contributed by atoms with Gasteiger partial charge in [0.25, 0.3) is 0 Å². The number of benzene rings is 1. The number of rotatable bonds is 4. The highest BCUT2D eigenvalue weighted by Crippen LogP contribution is 2.21. The molecule has 0 saturated carbocycles. The van der Waals surface area contributed by atoms with E-state index in [2.05, 4.69) is 15.6 Å². The number of hydrogen-bond donors (Lipinski definition) is 2. The number of hydrogen-bond acceptors (Lipinski definition) is 4. The van der Waals surface area contributed by atoms with Crippen molar-refractivity contribution in [3.63, 3.8) is 0 Å². The Morgan fingerprint density at radius 2 is 2.00 bits per heavy atom. The zero-order valence-corrected chi connectivity index (χ0v) is 14.1. The van der Waals surface area contributed by atoms with Crippen molar-refractivity contribution in [1.82, 2.24) is 15.6 Å². The number of aromatic nitrogens is 1. The van der Waals surface area contributed by atoms with Crippen LogP contribution in [0.3, 0.4) is 0 Å². The zero-order valence-electron chi connectivity index (χ0n) is 12.5. The first kappa shape index (κ1) is 17.8. The van der Waals surface area contributed by atoms with E-state index in [0.717, 1.165) is 31.5 Å². The first-order chi connectivity index (χ1) is 10.7. The van der Waals surface area contributed by atoms with E-state index in [1.54, 1.807) is 12.1 Å². The minimum absolute atomic E-state index is 0. The highest BCUT2D eigenvalue weighted by molar-refractivity contribution is 6.30. The molecule has 2 N–H and O–H groups in total. The lowest BCUT2D eigenvalue weighted by Crippen LogP contribution is -2.43. The monoisotopic (exact) mass is 355 g/mol. The first-order valence-corrected chi connectivity index (χ1v) is 7.79. The Morgan fingerprint density at radius 3 is 2.70 bits per heavy atom. The zero-order chi connectivity index (χ0) is 15.4. The molecule has 1 fully saturated rings. The summed E-state index contributed by atoms with van der Waals surface area (Å²) in [5.41, 5.74) is 1.48. The highest BCUT2D eigenvalue weighted by atomic mass is 35.5. The predicted molar refractivity (Wildman–Crippen MR) is 91.9 cm³/mol. The van der Waals surface area contributed by atoms with Crippen LogP contribution in [-0.4, -0.2) is 30.0 Å². The van der Waals surface area contributed by atoms with Gasteiger partial charge in [-0.1, -0.05) is 11.6 Å². The third-order valence-corrected chi connectivity index (χ3v) is 3.94. The highest BCUT2D eigenvalue weighted by Gasteiger charge is 2.17. The topological polar surface area (TPSA) is 67.2 Å². The van der Waals surface area contributed by atoms with Crippen molar-refractivity contribution in [2.24, 2.45) is 0 Å². The molecule has 1 aliphatic rings. The van der Waals surface area contributed by atoms with Crippen LogP contribution in [0.25, 0.3) is 11.5 Å². The van der Waals surface area contributed by atoms with Crippen LogP contribution >= 0.6 is 24.0 Å². The Labute approximate surface area is 146 Å². The van der Waals surface area contributed by atoms with Gasteiger partial charge in [-0.05, 0) is 50.2 Å². The Balaban J connectivity index is 0.00000192. The van der Waals surface area contributed by atoms with Crippen molar-refractivity contribution >= 4 is 29.9 Å². The second kappa shape index (κ2) is 8.34. The van der Waals surface area contributed by atoms with E-state index >= 15 is 0 Å². The summed E-state index contributed by atoms with van der Waals surface area (Å²) < 4.78 is 5.44. The fourth-order valence-corrected chi connectivity index (χ4v) is 2.65. The van der Waals surface area contributed by atoms with Crippen LogP contribution in [0.1, 0.15) is 18.5 Å². The van der Waals surface area contributed by atoms with Crippen LogP contribution in [-0.2, 0) is 11.2 Å². The summed E-state index contributed by atoms with van der Waals surface area (Å²) in [6, 6.07) is 7.51. The SMILES string of the molecule is Cl.O=C(Cc1coc(-c2ccc(Cl)cc2)n1)NC1CCNCC1. The summed E-state index contributed by atoms with van der Waals surface area (Å²) in [7, 11) is 0. The van der Waals surface area contributed by atoms with E-state index in [0.29, 0.717) is 16.6 Å². The third-order valence-electron chi connectivity index (χ3n) is 3.69. The van der Waals surface area contributed by atoms with E-state index in [-0.39, 0.29) is 30.8 Å². The maximum atomic E-state index is 12.0. The molecule has 23 heavy (non-hydrogen) atoms. The molecule has 0 spiro atoms. The van der Waals surface area contributed by atoms with Gasteiger partial charge in [0.05, 0.1) is 12.1 Å². The Bertz CT molecular complexity index is 637. The van der Waals surface area contributed by atoms with Crippen molar-refractivity contribution in [3.8, 4) is 11.5 Å². The van der Waals surface area contributed by atoms with Crippen molar-refractivity contribution in [2.75, 3.05) is 13.1 Å². The molecule has 0 aliphatic carbocycles. The van der Waals surface area contributed by atoms with Gasteiger partial charge in [0, 0.05) is 16.6 Å². The number of carbonyl (C=O) groups excluding carboxylic acids is 1. The van der Waals surface area contributed by atoms with Crippen LogP contribution < -0.4 is 10.6 Å². The molecule has 1 aromatic heterocycles. The molecule has 0 atom stereocenters. The van der Waals surface area contributed by atoms with Crippen LogP contribution in [0.4, 0.5) is 0 Å². The minimum atomic E-state index is -0.0112. The van der Waals surface area contributed by atoms with Crippen LogP contribution in [0.5, 0.6) is 0 Å². The summed E-state index contributed by atoms with van der Waals surface area (Å²) in [5, 5.41) is 6.98. The van der Waals surface area contributed by atoms with E-state index in [1.165, 1.54) is 6.26 Å². The van der Waals surface area contributed by atoms with Crippen molar-refractivity contribution in [3.05, 3.63) is 41.2 Å². The summed E-state index contributed by atoms with van der Waals surface area (Å²) in [6.45, 7) is 1.91. The van der Waals surface area contributed by atoms with Gasteiger partial charge in [0.1, 0.15) is 6.26 Å². The molecule has 2 heterocycles. The number of halogens is 2. The predicted octanol–water partition coefficient (Wildman–Crippen LogP) is 2.83. The average Bonchev–Trinajstić information content (AvgIpc) is 2.97. The number of nitrogens with zero attached hydrogens (tertiary/aromatic N) is 1. The van der Waals surface area contributed by atoms with Crippen molar-refractivity contribution < 1.29 is 9.21 Å². The molecule has 3 rings (SSSR count). The Kier molecular flexibility index (Phi) is 6.45. The minimum Gasteiger partial charge on any atom is -0.444 e. The Morgan fingerprint density at radius 1 is 1.30 bits per heavy atom. The standard InChI is InChI=1S/C16H18ClN3O2.ClH/c17-12-3-1-11(2-4-12)16-20-14(10-22-16)9-15(21)19-13-5-7-18-8-6-13;/h1-4,10,13,18H,5-9H2,(H,19,21);1H. The number of nitrogens with one attached hydrogen (secondary N) is 2. The third kappa shape index (κ3) is 4.96. The maximum absolute atomic E-state index is 12.0. The van der Waals surface area contributed by atoms with Gasteiger partial charge >= 0.3 is 0 Å². The quantitative estimate of drug-likeness (QED) is 0.884. The lowest BCUT2D eigenvalue weighted by Gasteiger charge is -2.23. The van der Waals surface area contributed by atoms with Crippen molar-refractivity contribution in [2.45, 2.75) is 25.3 Å². The van der Waals surface area contributed by atoms with Gasteiger partial charge < -0.3 is 15.1 Å². The molecular formula is C16H19Cl2N3O2. The van der Waals surface area contributed by atoms with E-state index in [1.807, 2.05) is 12.1 Å². The van der Waals surface area contributed by atoms with Crippen molar-refractivity contribution in [1.29, 1.82) is 0 Å². The van der Waals surface area contributed by atoms with Gasteiger partial charge in [-0.25, -0.2) is 4.98 Å². The average molecular weight is 356 g/mol. The van der Waals surface area contributed by atoms with E-state index in [9.17, 15) is 4.79 Å². The van der Waals surface area contributed by atoms with Gasteiger partial charge in [-0.3, -0.25) is 4.79 Å². The lowest BCUT2D eigenvalue weighted by molar-refractivity contribution is -0.121. The number of amides is 1. The number of piperidine rings is 1. The normalized spacial score (nSPS) is 15.0. The summed E-state index contributed by atoms with van der Waals surface area (Å²) in [6.07, 6.45) is 3.72. The second-order valence-corrected chi connectivity index (χ2v) is 5.86. The molecule has 2 aromatic rings. The number of carbonyl (C=O) groups is 1. The molecule has 7 heteroatoms. The van der Waals surface area contributed by atoms with E-state index < -0.39 is 0 Å². The summed E-state index contributed by atoms with van der Waals surface area (Å²) in [4.78, 5) is 16.4. The smallest absolute Gasteiger partial charge is 0.226 e. The van der Waals surface area contributed by atoms with Gasteiger partial charge in [-0.15, -0.1) is 12.4 Å². The van der Waals surface area contributed by atoms with Crippen LogP contribution in [0, 0.1) is 0 Å². The molecule has 1 aliphatic heterocycles. The molecule has 1 aromatic carbocycles. The largest absolute Gasteiger partial charge is 0.444 e. The van der Waals surface area contributed by atoms with E-state index in [4.69, 9.17) is 16.0 Å². The fraction of sp³-hybridized carbons (Fsp3) is 0.375. The maximum Gasteiger partial charge on any atom is 0.226 e. The summed E-state index contributed by atoms with van der Waals surface area (Å²) >= 11 is 5.86. The fourth-order valence-electron chi connectivity index (χ4n) is 2.52. The summed E-state index contributed by atoms with van der Waals surface area (Å²) in [5.74, 6) is 0.490. The first-order valence-electron chi connectivity index (χ1n) is 7.41. The molecule has 0 radical (unpaired) electrons. The van der Waals surface area contributed by atoms with Gasteiger partial charge in [-0.2, -0.15) is 0 Å².